The van der Waals surface area contributed by atoms with Crippen molar-refractivity contribution in [3.05, 3.63) is 48.5 Å². The molecule has 0 atom stereocenters. The summed E-state index contributed by atoms with van der Waals surface area (Å²) in [6.45, 7) is 2.16. The molecule has 0 aliphatic heterocycles. The number of amides is 2. The molecule has 2 aromatic rings. The molecule has 6 nitrogen and oxygen atoms in total. The standard InChI is InChI=1S/C20H24N2O4S/c1-4-25-16-10-6-7-11-17(16)26-14-20(24)22(2)13-19(23)21-15-9-5-8-12-18(15)27-3/h5-12H,4,13-14H2,1-3H3,(H,21,23). The molecule has 0 fully saturated rings. The van der Waals surface area contributed by atoms with Gasteiger partial charge in [0.1, 0.15) is 0 Å². The Bertz CT molecular complexity index is 782. The van der Waals surface area contributed by atoms with Crippen molar-refractivity contribution in [1.82, 2.24) is 4.90 Å². The highest BCUT2D eigenvalue weighted by Gasteiger charge is 2.15. The number of ether oxygens (including phenoxy) is 2. The molecule has 0 saturated carbocycles. The zero-order chi connectivity index (χ0) is 19.6. The van der Waals surface area contributed by atoms with E-state index >= 15 is 0 Å². The van der Waals surface area contributed by atoms with Gasteiger partial charge < -0.3 is 19.7 Å². The van der Waals surface area contributed by atoms with Crippen LogP contribution < -0.4 is 14.8 Å². The lowest BCUT2D eigenvalue weighted by atomic mass is 10.3. The smallest absolute Gasteiger partial charge is 0.260 e. The molecule has 144 valence electrons. The molecule has 1 N–H and O–H groups in total. The average molecular weight is 388 g/mol. The van der Waals surface area contributed by atoms with E-state index in [9.17, 15) is 9.59 Å². The third-order valence-corrected chi connectivity index (χ3v) is 4.48. The quantitative estimate of drug-likeness (QED) is 0.668. The Balaban J connectivity index is 1.87. The Morgan fingerprint density at radius 3 is 2.33 bits per heavy atom. The first-order valence-electron chi connectivity index (χ1n) is 8.56. The van der Waals surface area contributed by atoms with Crippen LogP contribution in [0, 0.1) is 0 Å². The molecule has 0 radical (unpaired) electrons. The molecule has 0 aliphatic carbocycles. The van der Waals surface area contributed by atoms with Crippen molar-refractivity contribution in [3.63, 3.8) is 0 Å². The summed E-state index contributed by atoms with van der Waals surface area (Å²) in [5, 5.41) is 2.83. The summed E-state index contributed by atoms with van der Waals surface area (Å²) >= 11 is 1.55. The van der Waals surface area contributed by atoms with Crippen LogP contribution in [0.5, 0.6) is 11.5 Å². The Labute approximate surface area is 163 Å². The summed E-state index contributed by atoms with van der Waals surface area (Å²) in [6, 6.07) is 14.7. The van der Waals surface area contributed by atoms with Crippen LogP contribution in [-0.4, -0.2) is 49.8 Å². The van der Waals surface area contributed by atoms with Gasteiger partial charge in [-0.05, 0) is 37.4 Å². The summed E-state index contributed by atoms with van der Waals surface area (Å²) in [7, 11) is 1.57. The molecule has 0 heterocycles. The van der Waals surface area contributed by atoms with Gasteiger partial charge in [-0.15, -0.1) is 11.8 Å². The Morgan fingerprint density at radius 2 is 1.67 bits per heavy atom. The molecule has 0 unspecified atom stereocenters. The number of anilines is 1. The predicted molar refractivity (Wildman–Crippen MR) is 108 cm³/mol. The first kappa shape index (κ1) is 20.6. The zero-order valence-electron chi connectivity index (χ0n) is 15.7. The van der Waals surface area contributed by atoms with Gasteiger partial charge in [-0.1, -0.05) is 24.3 Å². The summed E-state index contributed by atoms with van der Waals surface area (Å²) in [6.07, 6.45) is 1.94. The average Bonchev–Trinajstić information content (AvgIpc) is 2.67. The second-order valence-corrected chi connectivity index (χ2v) is 6.51. The van der Waals surface area contributed by atoms with E-state index in [4.69, 9.17) is 9.47 Å². The fourth-order valence-corrected chi connectivity index (χ4v) is 2.89. The van der Waals surface area contributed by atoms with Crippen molar-refractivity contribution in [2.45, 2.75) is 11.8 Å². The minimum atomic E-state index is -0.297. The highest BCUT2D eigenvalue weighted by Crippen LogP contribution is 2.26. The third kappa shape index (κ3) is 6.21. The topological polar surface area (TPSA) is 67.9 Å². The van der Waals surface area contributed by atoms with E-state index < -0.39 is 0 Å². The molecule has 7 heteroatoms. The van der Waals surface area contributed by atoms with E-state index in [-0.39, 0.29) is 25.0 Å². The first-order valence-corrected chi connectivity index (χ1v) is 9.79. The van der Waals surface area contributed by atoms with Crippen molar-refractivity contribution >= 4 is 29.3 Å². The monoisotopic (exact) mass is 388 g/mol. The molecule has 0 aromatic heterocycles. The molecular weight excluding hydrogens is 364 g/mol. The highest BCUT2D eigenvalue weighted by molar-refractivity contribution is 7.98. The van der Waals surface area contributed by atoms with E-state index in [1.807, 2.05) is 49.6 Å². The molecule has 27 heavy (non-hydrogen) atoms. The van der Waals surface area contributed by atoms with Crippen LogP contribution in [0.2, 0.25) is 0 Å². The van der Waals surface area contributed by atoms with Gasteiger partial charge in [-0.2, -0.15) is 0 Å². The lowest BCUT2D eigenvalue weighted by molar-refractivity contribution is -0.135. The molecular formula is C20H24N2O4S. The van der Waals surface area contributed by atoms with Gasteiger partial charge in [-0.25, -0.2) is 0 Å². The number of hydrogen-bond donors (Lipinski definition) is 1. The SMILES string of the molecule is CCOc1ccccc1OCC(=O)N(C)CC(=O)Nc1ccccc1SC. The number of benzene rings is 2. The van der Waals surface area contributed by atoms with Gasteiger partial charge in [0.2, 0.25) is 5.91 Å². The molecule has 0 aliphatic rings. The number of likely N-dealkylation sites (N-methyl/N-ethyl adjacent to an activating group) is 1. The van der Waals surface area contributed by atoms with E-state index in [1.54, 1.807) is 30.9 Å². The number of carbonyl (C=O) groups is 2. The van der Waals surface area contributed by atoms with Crippen molar-refractivity contribution in [3.8, 4) is 11.5 Å². The lowest BCUT2D eigenvalue weighted by Gasteiger charge is -2.18. The van der Waals surface area contributed by atoms with Crippen molar-refractivity contribution in [2.75, 3.05) is 38.4 Å². The second kappa shape index (κ2) is 10.5. The van der Waals surface area contributed by atoms with Crippen LogP contribution in [0.1, 0.15) is 6.92 Å². The Morgan fingerprint density at radius 1 is 1.04 bits per heavy atom. The largest absolute Gasteiger partial charge is 0.490 e. The fourth-order valence-electron chi connectivity index (χ4n) is 2.34. The summed E-state index contributed by atoms with van der Waals surface area (Å²) in [5.41, 5.74) is 0.734. The van der Waals surface area contributed by atoms with E-state index in [0.29, 0.717) is 18.1 Å². The van der Waals surface area contributed by atoms with Crippen molar-refractivity contribution in [1.29, 1.82) is 0 Å². The van der Waals surface area contributed by atoms with Gasteiger partial charge in [0, 0.05) is 11.9 Å². The van der Waals surface area contributed by atoms with E-state index in [2.05, 4.69) is 5.32 Å². The highest BCUT2D eigenvalue weighted by atomic mass is 32.2. The summed E-state index contributed by atoms with van der Waals surface area (Å²) in [5.74, 6) is 0.526. The molecule has 0 saturated heterocycles. The maximum atomic E-state index is 12.3. The van der Waals surface area contributed by atoms with Crippen LogP contribution in [-0.2, 0) is 9.59 Å². The number of thioether (sulfide) groups is 1. The minimum Gasteiger partial charge on any atom is -0.490 e. The van der Waals surface area contributed by atoms with Crippen LogP contribution in [0.25, 0.3) is 0 Å². The lowest BCUT2D eigenvalue weighted by Crippen LogP contribution is -2.37. The molecule has 2 amide bonds. The number of carbonyl (C=O) groups excluding carboxylic acids is 2. The van der Waals surface area contributed by atoms with Gasteiger partial charge in [0.15, 0.2) is 18.1 Å². The maximum Gasteiger partial charge on any atom is 0.260 e. The maximum absolute atomic E-state index is 12.3. The predicted octanol–water partition coefficient (Wildman–Crippen LogP) is 3.28. The number of rotatable bonds is 9. The Kier molecular flexibility index (Phi) is 8.00. The van der Waals surface area contributed by atoms with Crippen molar-refractivity contribution in [2.24, 2.45) is 0 Å². The zero-order valence-corrected chi connectivity index (χ0v) is 16.5. The van der Waals surface area contributed by atoms with Gasteiger partial charge in [0.25, 0.3) is 5.91 Å². The van der Waals surface area contributed by atoms with Gasteiger partial charge in [0.05, 0.1) is 18.8 Å². The fraction of sp³-hybridized carbons (Fsp3) is 0.300. The number of hydrogen-bond acceptors (Lipinski definition) is 5. The molecule has 2 rings (SSSR count). The summed E-state index contributed by atoms with van der Waals surface area (Å²) in [4.78, 5) is 26.8. The number of nitrogens with one attached hydrogen (secondary N) is 1. The van der Waals surface area contributed by atoms with Crippen molar-refractivity contribution < 1.29 is 19.1 Å². The van der Waals surface area contributed by atoms with E-state index in [0.717, 1.165) is 10.6 Å². The minimum absolute atomic E-state index is 0.0575. The Hall–Kier alpha value is -2.67. The molecule has 0 bridgehead atoms. The van der Waals surface area contributed by atoms with Crippen LogP contribution in [0.15, 0.2) is 53.4 Å². The first-order chi connectivity index (χ1) is 13.0. The second-order valence-electron chi connectivity index (χ2n) is 5.67. The van der Waals surface area contributed by atoms with E-state index in [1.165, 1.54) is 4.90 Å². The van der Waals surface area contributed by atoms with Gasteiger partial charge >= 0.3 is 0 Å². The van der Waals surface area contributed by atoms with Gasteiger partial charge in [-0.3, -0.25) is 9.59 Å². The van der Waals surface area contributed by atoms with Crippen LogP contribution in [0.4, 0.5) is 5.69 Å². The summed E-state index contributed by atoms with van der Waals surface area (Å²) < 4.78 is 11.0. The number of para-hydroxylation sites is 3. The molecule has 2 aromatic carbocycles. The van der Waals surface area contributed by atoms with Crippen LogP contribution in [0.3, 0.4) is 0 Å². The normalized spacial score (nSPS) is 10.2. The third-order valence-electron chi connectivity index (χ3n) is 3.69. The number of nitrogens with zero attached hydrogens (tertiary/aromatic N) is 1. The van der Waals surface area contributed by atoms with Crippen LogP contribution >= 0.6 is 11.8 Å². The molecule has 0 spiro atoms.